The summed E-state index contributed by atoms with van der Waals surface area (Å²) in [5, 5.41) is 11.9. The Morgan fingerprint density at radius 1 is 1.07 bits per heavy atom. The van der Waals surface area contributed by atoms with Gasteiger partial charge in [-0.1, -0.05) is 30.3 Å². The SMILES string of the molecule is COc1cc(C(C)=O)ccc1OCCCC(=O)N[C@H](C(=O)O)c1ccccc1. The van der Waals surface area contributed by atoms with Crippen molar-refractivity contribution in [3.63, 3.8) is 0 Å². The number of hydrogen-bond acceptors (Lipinski definition) is 5. The van der Waals surface area contributed by atoms with Gasteiger partial charge in [0.2, 0.25) is 5.91 Å². The van der Waals surface area contributed by atoms with Gasteiger partial charge in [0.05, 0.1) is 13.7 Å². The number of methoxy groups -OCH3 is 1. The van der Waals surface area contributed by atoms with E-state index in [4.69, 9.17) is 9.47 Å². The number of ether oxygens (including phenoxy) is 2. The first-order chi connectivity index (χ1) is 13.4. The third kappa shape index (κ3) is 5.84. The van der Waals surface area contributed by atoms with Crippen LogP contribution in [0.2, 0.25) is 0 Å². The predicted octanol–water partition coefficient (Wildman–Crippen LogP) is 3.00. The second-order valence-electron chi connectivity index (χ2n) is 6.12. The minimum atomic E-state index is -1.12. The average molecular weight is 385 g/mol. The number of ketones is 1. The first-order valence-corrected chi connectivity index (χ1v) is 8.81. The fraction of sp³-hybridized carbons (Fsp3) is 0.286. The van der Waals surface area contributed by atoms with Gasteiger partial charge in [-0.05, 0) is 37.1 Å². The maximum atomic E-state index is 12.1. The third-order valence-corrected chi connectivity index (χ3v) is 4.06. The van der Waals surface area contributed by atoms with E-state index in [1.54, 1.807) is 48.5 Å². The summed E-state index contributed by atoms with van der Waals surface area (Å²) in [6, 6.07) is 12.3. The molecule has 2 rings (SSSR count). The summed E-state index contributed by atoms with van der Waals surface area (Å²) in [6.07, 6.45) is 0.509. The van der Waals surface area contributed by atoms with E-state index in [-0.39, 0.29) is 24.7 Å². The molecule has 2 aromatic rings. The quantitative estimate of drug-likeness (QED) is 0.482. The van der Waals surface area contributed by atoms with Gasteiger partial charge in [-0.25, -0.2) is 4.79 Å². The zero-order valence-electron chi connectivity index (χ0n) is 15.8. The molecule has 0 aromatic heterocycles. The fourth-order valence-corrected chi connectivity index (χ4v) is 2.59. The molecule has 0 heterocycles. The van der Waals surface area contributed by atoms with Crippen molar-refractivity contribution in [2.75, 3.05) is 13.7 Å². The number of carbonyl (C=O) groups excluding carboxylic acids is 2. The van der Waals surface area contributed by atoms with Crippen LogP contribution in [0.25, 0.3) is 0 Å². The zero-order chi connectivity index (χ0) is 20.5. The minimum Gasteiger partial charge on any atom is -0.493 e. The second-order valence-corrected chi connectivity index (χ2v) is 6.12. The van der Waals surface area contributed by atoms with E-state index >= 15 is 0 Å². The lowest BCUT2D eigenvalue weighted by molar-refractivity contribution is -0.142. The van der Waals surface area contributed by atoms with Crippen molar-refractivity contribution in [3.8, 4) is 11.5 Å². The van der Waals surface area contributed by atoms with Crippen LogP contribution in [0.15, 0.2) is 48.5 Å². The van der Waals surface area contributed by atoms with E-state index in [0.717, 1.165) is 0 Å². The molecule has 7 heteroatoms. The minimum absolute atomic E-state index is 0.0760. The third-order valence-electron chi connectivity index (χ3n) is 4.06. The van der Waals surface area contributed by atoms with Gasteiger partial charge >= 0.3 is 5.97 Å². The van der Waals surface area contributed by atoms with Gasteiger partial charge in [-0.3, -0.25) is 9.59 Å². The van der Waals surface area contributed by atoms with E-state index in [0.29, 0.717) is 29.0 Å². The molecule has 7 nitrogen and oxygen atoms in total. The van der Waals surface area contributed by atoms with Gasteiger partial charge in [0.1, 0.15) is 0 Å². The van der Waals surface area contributed by atoms with E-state index < -0.39 is 12.0 Å². The molecular weight excluding hydrogens is 362 g/mol. The van der Waals surface area contributed by atoms with Crippen LogP contribution in [0.1, 0.15) is 41.7 Å². The highest BCUT2D eigenvalue weighted by Gasteiger charge is 2.21. The summed E-state index contributed by atoms with van der Waals surface area (Å²) in [5.41, 5.74) is 1.03. The average Bonchev–Trinajstić information content (AvgIpc) is 2.69. The number of carboxylic acid groups (broad SMARTS) is 1. The second kappa shape index (κ2) is 10.1. The van der Waals surface area contributed by atoms with Gasteiger partial charge in [0.25, 0.3) is 0 Å². The maximum Gasteiger partial charge on any atom is 0.330 e. The molecule has 0 aliphatic heterocycles. The Morgan fingerprint density at radius 3 is 2.39 bits per heavy atom. The van der Waals surface area contributed by atoms with Crippen molar-refractivity contribution in [2.45, 2.75) is 25.8 Å². The predicted molar refractivity (Wildman–Crippen MR) is 103 cm³/mol. The lowest BCUT2D eigenvalue weighted by Gasteiger charge is -2.15. The van der Waals surface area contributed by atoms with Crippen molar-refractivity contribution in [3.05, 3.63) is 59.7 Å². The molecule has 1 atom stereocenters. The number of carboxylic acids is 1. The molecule has 0 aliphatic carbocycles. The Morgan fingerprint density at radius 2 is 1.79 bits per heavy atom. The molecule has 0 saturated carbocycles. The molecule has 0 spiro atoms. The number of carbonyl (C=O) groups is 3. The van der Waals surface area contributed by atoms with Gasteiger partial charge in [0, 0.05) is 12.0 Å². The van der Waals surface area contributed by atoms with Crippen LogP contribution in [0.5, 0.6) is 11.5 Å². The maximum absolute atomic E-state index is 12.1. The molecule has 0 bridgehead atoms. The van der Waals surface area contributed by atoms with Gasteiger partial charge in [-0.15, -0.1) is 0 Å². The molecule has 2 N–H and O–H groups in total. The zero-order valence-corrected chi connectivity index (χ0v) is 15.8. The Kier molecular flexibility index (Phi) is 7.56. The normalized spacial score (nSPS) is 11.4. The van der Waals surface area contributed by atoms with Crippen molar-refractivity contribution in [1.82, 2.24) is 5.32 Å². The highest BCUT2D eigenvalue weighted by atomic mass is 16.5. The van der Waals surface area contributed by atoms with Crippen molar-refractivity contribution < 1.29 is 29.0 Å². The molecule has 148 valence electrons. The highest BCUT2D eigenvalue weighted by molar-refractivity contribution is 5.94. The van der Waals surface area contributed by atoms with Crippen molar-refractivity contribution >= 4 is 17.7 Å². The van der Waals surface area contributed by atoms with Crippen molar-refractivity contribution in [1.29, 1.82) is 0 Å². The molecule has 0 saturated heterocycles. The van der Waals surface area contributed by atoms with E-state index in [2.05, 4.69) is 5.32 Å². The fourth-order valence-electron chi connectivity index (χ4n) is 2.59. The molecule has 2 aromatic carbocycles. The van der Waals surface area contributed by atoms with Crippen LogP contribution in [0.4, 0.5) is 0 Å². The Balaban J connectivity index is 1.85. The smallest absolute Gasteiger partial charge is 0.330 e. The van der Waals surface area contributed by atoms with Crippen molar-refractivity contribution in [2.24, 2.45) is 0 Å². The molecule has 0 fully saturated rings. The number of Topliss-reactive ketones (excluding diaryl/α,β-unsaturated/α-hetero) is 1. The first kappa shape index (κ1) is 21.0. The van der Waals surface area contributed by atoms with Crippen LogP contribution in [0.3, 0.4) is 0 Å². The lowest BCUT2D eigenvalue weighted by atomic mass is 10.1. The topological polar surface area (TPSA) is 102 Å². The van der Waals surface area contributed by atoms with Crippen LogP contribution in [0, 0.1) is 0 Å². The van der Waals surface area contributed by atoms with Crippen LogP contribution < -0.4 is 14.8 Å². The van der Waals surface area contributed by atoms with Gasteiger partial charge < -0.3 is 19.9 Å². The summed E-state index contributed by atoms with van der Waals surface area (Å²) in [4.78, 5) is 34.9. The van der Waals surface area contributed by atoms with E-state index in [1.165, 1.54) is 14.0 Å². The van der Waals surface area contributed by atoms with E-state index in [1.807, 2.05) is 0 Å². The number of aliphatic carboxylic acids is 1. The monoisotopic (exact) mass is 385 g/mol. The van der Waals surface area contributed by atoms with Gasteiger partial charge in [0.15, 0.2) is 23.3 Å². The van der Waals surface area contributed by atoms with E-state index in [9.17, 15) is 19.5 Å². The number of nitrogens with one attached hydrogen (secondary N) is 1. The summed E-state index contributed by atoms with van der Waals surface area (Å²) in [5.74, 6) is -0.662. The molecular formula is C21H23NO6. The standard InChI is InChI=1S/C21H23NO6/c1-14(23)16-10-11-17(18(13-16)27-2)28-12-6-9-19(24)22-20(21(25)26)15-7-4-3-5-8-15/h3-5,7-8,10-11,13,20H,6,9,12H2,1-2H3,(H,22,24)(H,25,26)/t20-/m0/s1. The number of amides is 1. The Labute approximate surface area is 163 Å². The molecule has 28 heavy (non-hydrogen) atoms. The Bertz CT molecular complexity index is 834. The molecule has 0 aliphatic rings. The number of hydrogen-bond donors (Lipinski definition) is 2. The summed E-state index contributed by atoms with van der Waals surface area (Å²) >= 11 is 0. The summed E-state index contributed by atoms with van der Waals surface area (Å²) in [7, 11) is 1.48. The summed E-state index contributed by atoms with van der Waals surface area (Å²) in [6.45, 7) is 1.71. The summed E-state index contributed by atoms with van der Waals surface area (Å²) < 4.78 is 10.8. The largest absolute Gasteiger partial charge is 0.493 e. The number of benzene rings is 2. The van der Waals surface area contributed by atoms with Crippen LogP contribution in [-0.2, 0) is 9.59 Å². The highest BCUT2D eigenvalue weighted by Crippen LogP contribution is 2.28. The molecule has 1 amide bonds. The lowest BCUT2D eigenvalue weighted by Crippen LogP contribution is -2.33. The number of rotatable bonds is 10. The molecule has 0 radical (unpaired) electrons. The van der Waals surface area contributed by atoms with Crippen LogP contribution in [-0.4, -0.2) is 36.5 Å². The first-order valence-electron chi connectivity index (χ1n) is 8.81. The molecule has 0 unspecified atom stereocenters. The van der Waals surface area contributed by atoms with Gasteiger partial charge in [-0.2, -0.15) is 0 Å². The Hall–Kier alpha value is -3.35. The van der Waals surface area contributed by atoms with Crippen LogP contribution >= 0.6 is 0 Å².